The predicted octanol–water partition coefficient (Wildman–Crippen LogP) is 2.92. The molecule has 0 aromatic heterocycles. The van der Waals surface area contributed by atoms with Crippen molar-refractivity contribution in [3.8, 4) is 6.07 Å². The fourth-order valence-corrected chi connectivity index (χ4v) is 0.688. The Morgan fingerprint density at radius 3 is 1.79 bits per heavy atom. The summed E-state index contributed by atoms with van der Waals surface area (Å²) in [5.41, 5.74) is 0. The van der Waals surface area contributed by atoms with Crippen molar-refractivity contribution in [3.63, 3.8) is 0 Å². The summed E-state index contributed by atoms with van der Waals surface area (Å²) < 4.78 is 116. The zero-order valence-electron chi connectivity index (χ0n) is 8.53. The molecular weight excluding hydrogens is 301 g/mol. The Bertz CT molecular complexity index is 338. The lowest BCUT2D eigenvalue weighted by atomic mass is 10.3. The second kappa shape index (κ2) is 5.83. The van der Waals surface area contributed by atoms with Crippen molar-refractivity contribution in [2.75, 3.05) is 6.86 Å². The van der Waals surface area contributed by atoms with E-state index in [-0.39, 0.29) is 6.07 Å². The zero-order valence-corrected chi connectivity index (χ0v) is 8.53. The Hall–Kier alpha value is -1.22. The van der Waals surface area contributed by atoms with Gasteiger partial charge in [0, 0.05) is 0 Å². The Morgan fingerprint density at radius 2 is 1.53 bits per heavy atom. The summed E-state index contributed by atoms with van der Waals surface area (Å²) in [7, 11) is 0. The van der Waals surface area contributed by atoms with Crippen LogP contribution < -0.4 is 0 Å². The van der Waals surface area contributed by atoms with Crippen LogP contribution in [0, 0.1) is 11.3 Å². The number of nitrogens with zero attached hydrogens (tertiary/aromatic N) is 1. The molecule has 0 spiro atoms. The third-order valence-corrected chi connectivity index (χ3v) is 1.60. The molecule has 3 nitrogen and oxygen atoms in total. The predicted molar refractivity (Wildman–Crippen MR) is 38.4 cm³/mol. The minimum atomic E-state index is -6.14. The highest BCUT2D eigenvalue weighted by molar-refractivity contribution is 5.00. The van der Waals surface area contributed by atoms with Crippen LogP contribution in [0.15, 0.2) is 0 Å². The van der Waals surface area contributed by atoms with Crippen molar-refractivity contribution >= 4 is 0 Å². The maximum atomic E-state index is 12.9. The third-order valence-electron chi connectivity index (χ3n) is 1.60. The van der Waals surface area contributed by atoms with Crippen molar-refractivity contribution in [1.82, 2.24) is 0 Å². The van der Waals surface area contributed by atoms with E-state index in [2.05, 4.69) is 9.47 Å². The van der Waals surface area contributed by atoms with E-state index in [1.54, 1.807) is 0 Å². The average Bonchev–Trinajstić information content (AvgIpc) is 2.26. The molecule has 112 valence electrons. The molecule has 0 amide bonds. The lowest BCUT2D eigenvalue weighted by Crippen LogP contribution is -2.52. The molecule has 0 N–H and O–H groups in total. The van der Waals surface area contributed by atoms with Gasteiger partial charge in [-0.1, -0.05) is 0 Å². The van der Waals surface area contributed by atoms with Crippen LogP contribution in [-0.2, 0) is 9.47 Å². The van der Waals surface area contributed by atoms with Gasteiger partial charge in [-0.3, -0.25) is 4.74 Å². The molecule has 12 heteroatoms. The smallest absolute Gasteiger partial charge is 0.315 e. The molecule has 0 radical (unpaired) electrons. The number of alkyl halides is 9. The van der Waals surface area contributed by atoms with Crippen molar-refractivity contribution in [3.05, 3.63) is 0 Å². The highest BCUT2D eigenvalue weighted by Gasteiger charge is 2.64. The Morgan fingerprint density at radius 1 is 1.05 bits per heavy atom. The van der Waals surface area contributed by atoms with Gasteiger partial charge in [-0.2, -0.15) is 31.6 Å². The quantitative estimate of drug-likeness (QED) is 0.560. The SMILES string of the molecule is N#CC(F)(OC(OCF)C(F)(F)C(F)F)C(F)(F)F. The molecule has 19 heavy (non-hydrogen) atoms. The fourth-order valence-electron chi connectivity index (χ4n) is 0.688. The van der Waals surface area contributed by atoms with Crippen molar-refractivity contribution < 1.29 is 49.0 Å². The highest BCUT2D eigenvalue weighted by Crippen LogP contribution is 2.39. The molecule has 0 bridgehead atoms. The molecule has 0 aromatic carbocycles. The van der Waals surface area contributed by atoms with Gasteiger partial charge in [0.1, 0.15) is 6.07 Å². The first-order valence-corrected chi connectivity index (χ1v) is 4.10. The number of rotatable bonds is 6. The largest absolute Gasteiger partial charge is 0.463 e. The minimum absolute atomic E-state index is 0.176. The van der Waals surface area contributed by atoms with Crippen LogP contribution >= 0.6 is 0 Å². The highest BCUT2D eigenvalue weighted by atomic mass is 19.4. The van der Waals surface area contributed by atoms with Crippen molar-refractivity contribution in [1.29, 1.82) is 5.26 Å². The van der Waals surface area contributed by atoms with Gasteiger partial charge in [0.25, 0.3) is 0 Å². The van der Waals surface area contributed by atoms with Gasteiger partial charge >= 0.3 is 24.4 Å². The van der Waals surface area contributed by atoms with E-state index in [0.717, 1.165) is 0 Å². The normalized spacial score (nSPS) is 17.9. The van der Waals surface area contributed by atoms with Crippen LogP contribution in [0.25, 0.3) is 0 Å². The van der Waals surface area contributed by atoms with Gasteiger partial charge in [0.05, 0.1) is 0 Å². The summed E-state index contributed by atoms with van der Waals surface area (Å²) in [6.45, 7) is -2.27. The summed E-state index contributed by atoms with van der Waals surface area (Å²) in [5, 5.41) is 7.89. The zero-order chi connectivity index (χ0) is 15.5. The van der Waals surface area contributed by atoms with E-state index in [1.165, 1.54) is 0 Å². The molecule has 0 aromatic rings. The fraction of sp³-hybridized carbons (Fsp3) is 0.857. The minimum Gasteiger partial charge on any atom is -0.315 e. The number of halogens is 9. The molecule has 0 aliphatic heterocycles. The first kappa shape index (κ1) is 17.8. The summed E-state index contributed by atoms with van der Waals surface area (Å²) in [6.07, 6.45) is -14.7. The Balaban J connectivity index is 5.31. The maximum absolute atomic E-state index is 12.9. The molecule has 0 fully saturated rings. The molecule has 2 unspecified atom stereocenters. The summed E-state index contributed by atoms with van der Waals surface area (Å²) in [5.74, 6) is -10.8. The lowest BCUT2D eigenvalue weighted by molar-refractivity contribution is -0.392. The van der Waals surface area contributed by atoms with Gasteiger partial charge in [0.2, 0.25) is 6.29 Å². The van der Waals surface area contributed by atoms with Gasteiger partial charge < -0.3 is 4.74 Å². The van der Waals surface area contributed by atoms with Crippen LogP contribution in [0.4, 0.5) is 39.5 Å². The maximum Gasteiger partial charge on any atom is 0.463 e. The molecule has 0 saturated carbocycles. The number of hydrogen-bond donors (Lipinski definition) is 0. The molecule has 0 saturated heterocycles. The monoisotopic (exact) mass is 305 g/mol. The van der Waals surface area contributed by atoms with Crippen molar-refractivity contribution in [2.24, 2.45) is 0 Å². The lowest BCUT2D eigenvalue weighted by Gasteiger charge is -2.30. The molecule has 0 rings (SSSR count). The van der Waals surface area contributed by atoms with Gasteiger partial charge in [-0.25, -0.2) is 13.2 Å². The van der Waals surface area contributed by atoms with Crippen LogP contribution in [0.2, 0.25) is 0 Å². The summed E-state index contributed by atoms with van der Waals surface area (Å²) in [6, 6.07) is -0.176. The molecule has 0 aliphatic rings. The Labute approximate surface area is 99.0 Å². The topological polar surface area (TPSA) is 42.2 Å². The second-order valence-corrected chi connectivity index (χ2v) is 2.91. The van der Waals surface area contributed by atoms with E-state index in [4.69, 9.17) is 5.26 Å². The van der Waals surface area contributed by atoms with Crippen LogP contribution in [0.3, 0.4) is 0 Å². The molecule has 2 atom stereocenters. The average molecular weight is 305 g/mol. The van der Waals surface area contributed by atoms with E-state index in [1.807, 2.05) is 0 Å². The van der Waals surface area contributed by atoms with Crippen LogP contribution in [0.1, 0.15) is 0 Å². The number of nitriles is 1. The third kappa shape index (κ3) is 3.87. The second-order valence-electron chi connectivity index (χ2n) is 2.91. The van der Waals surface area contributed by atoms with Crippen LogP contribution in [-0.4, -0.2) is 37.5 Å². The molecule has 0 heterocycles. The first-order valence-electron chi connectivity index (χ1n) is 4.10. The Kier molecular flexibility index (Phi) is 5.45. The van der Waals surface area contributed by atoms with E-state index >= 15 is 0 Å². The molecular formula is C7H4F9NO2. The standard InChI is InChI=1S/C7H4F9NO2/c8-2-18-4(6(12,13)3(9)10)19-5(11,1-17)7(14,15)16/h3-4H,2H2. The first-order chi connectivity index (χ1) is 8.42. The van der Waals surface area contributed by atoms with E-state index in [0.29, 0.717) is 0 Å². The summed E-state index contributed by atoms with van der Waals surface area (Å²) >= 11 is 0. The van der Waals surface area contributed by atoms with Crippen LogP contribution in [0.5, 0.6) is 0 Å². The van der Waals surface area contributed by atoms with E-state index in [9.17, 15) is 39.5 Å². The summed E-state index contributed by atoms with van der Waals surface area (Å²) in [4.78, 5) is 0. The van der Waals surface area contributed by atoms with Crippen molar-refractivity contribution in [2.45, 2.75) is 30.7 Å². The van der Waals surface area contributed by atoms with Gasteiger partial charge in [-0.15, -0.1) is 0 Å². The molecule has 0 aliphatic carbocycles. The number of ether oxygens (including phenoxy) is 2. The van der Waals surface area contributed by atoms with Gasteiger partial charge in [0.15, 0.2) is 6.86 Å². The van der Waals surface area contributed by atoms with Gasteiger partial charge in [-0.05, 0) is 0 Å². The van der Waals surface area contributed by atoms with E-state index < -0.39 is 37.5 Å². The number of hydrogen-bond acceptors (Lipinski definition) is 3.